The molecule has 0 fully saturated rings. The van der Waals surface area contributed by atoms with Gasteiger partial charge in [-0.3, -0.25) is 19.2 Å². The quantitative estimate of drug-likeness (QED) is 0.541. The molecule has 0 radical (unpaired) electrons. The summed E-state index contributed by atoms with van der Waals surface area (Å²) in [5.41, 5.74) is 21.2. The zero-order valence-electron chi connectivity index (χ0n) is 14.1. The molecule has 0 spiro atoms. The third-order valence-electron chi connectivity index (χ3n) is 4.66. The molecule has 2 atom stereocenters. The number of hydrogen-bond donors (Lipinski definition) is 4. The van der Waals surface area contributed by atoms with E-state index in [2.05, 4.69) is 13.2 Å². The van der Waals surface area contributed by atoms with Gasteiger partial charge in [-0.15, -0.1) is 13.2 Å². The molecule has 0 saturated heterocycles. The molecule has 1 aromatic carbocycles. The molecule has 2 aliphatic rings. The molecule has 8 nitrogen and oxygen atoms in total. The van der Waals surface area contributed by atoms with Crippen LogP contribution in [0.25, 0.3) is 0 Å². The molecule has 2 aliphatic carbocycles. The third kappa shape index (κ3) is 2.75. The van der Waals surface area contributed by atoms with E-state index in [-0.39, 0.29) is 33.4 Å². The van der Waals surface area contributed by atoms with E-state index in [9.17, 15) is 19.2 Å². The number of rotatable bonds is 6. The van der Waals surface area contributed by atoms with E-state index in [0.29, 0.717) is 12.8 Å². The fraction of sp³-hybridized carbons (Fsp3) is 0.222. The lowest BCUT2D eigenvalue weighted by Crippen LogP contribution is -2.34. The Bertz CT molecular complexity index is 748. The molecule has 136 valence electrons. The minimum Gasteiger partial charge on any atom is -0.366 e. The molecule has 2 unspecified atom stereocenters. The lowest BCUT2D eigenvalue weighted by atomic mass is 9.71. The maximum atomic E-state index is 12.2. The predicted molar refractivity (Wildman–Crippen MR) is 95.6 cm³/mol. The largest absolute Gasteiger partial charge is 0.366 e. The fourth-order valence-corrected chi connectivity index (χ4v) is 3.67. The van der Waals surface area contributed by atoms with E-state index in [1.807, 2.05) is 0 Å². The third-order valence-corrected chi connectivity index (χ3v) is 4.66. The molecule has 2 bridgehead atoms. The highest BCUT2D eigenvalue weighted by molar-refractivity contribution is 6.16. The predicted octanol–water partition coefficient (Wildman–Crippen LogP) is 0.415. The van der Waals surface area contributed by atoms with Crippen molar-refractivity contribution in [2.45, 2.75) is 24.7 Å². The number of amides is 4. The molecule has 0 saturated carbocycles. The number of primary amides is 4. The summed E-state index contributed by atoms with van der Waals surface area (Å²) in [4.78, 5) is 48.8. The number of allylic oxidation sites excluding steroid dienone is 2. The number of nitrogens with two attached hydrogens (primary N) is 4. The van der Waals surface area contributed by atoms with Crippen LogP contribution in [0, 0.1) is 0 Å². The lowest BCUT2D eigenvalue weighted by molar-refractivity contribution is 0.0951. The van der Waals surface area contributed by atoms with Crippen LogP contribution in [-0.4, -0.2) is 23.6 Å². The summed E-state index contributed by atoms with van der Waals surface area (Å²) in [5.74, 6) is -4.99. The molecule has 1 aromatic rings. The Balaban J connectivity index is 3.29. The highest BCUT2D eigenvalue weighted by atomic mass is 16.2. The second kappa shape index (κ2) is 6.83. The van der Waals surface area contributed by atoms with E-state index < -0.39 is 35.5 Å². The zero-order valence-corrected chi connectivity index (χ0v) is 14.1. The Hall–Kier alpha value is -3.42. The van der Waals surface area contributed by atoms with Gasteiger partial charge < -0.3 is 22.9 Å². The maximum Gasteiger partial charge on any atom is 0.249 e. The van der Waals surface area contributed by atoms with E-state index in [4.69, 9.17) is 22.9 Å². The molecule has 26 heavy (non-hydrogen) atoms. The van der Waals surface area contributed by atoms with Crippen molar-refractivity contribution in [2.75, 3.05) is 0 Å². The van der Waals surface area contributed by atoms with Crippen molar-refractivity contribution < 1.29 is 19.2 Å². The standard InChI is InChI=1S/C18H20N4O4/c1-3-7-5-6-8(4-2)10-13(17(21)25)11(15(19)23)9(7)12(16(20)24)14(10)18(22)26/h3-4,7-8H,1-2,5-6H2,(H2,19,23)(H2,20,24)(H2,21,25)(H2,22,26). The van der Waals surface area contributed by atoms with Gasteiger partial charge in [0.15, 0.2) is 0 Å². The molecular formula is C18H20N4O4. The van der Waals surface area contributed by atoms with Crippen LogP contribution in [0.2, 0.25) is 0 Å². The second-order valence-corrected chi connectivity index (χ2v) is 6.05. The smallest absolute Gasteiger partial charge is 0.249 e. The van der Waals surface area contributed by atoms with E-state index in [1.54, 1.807) is 0 Å². The first-order valence-electron chi connectivity index (χ1n) is 7.85. The van der Waals surface area contributed by atoms with Gasteiger partial charge in [0.05, 0.1) is 22.3 Å². The summed E-state index contributed by atoms with van der Waals surface area (Å²) in [6.45, 7) is 7.43. The highest BCUT2D eigenvalue weighted by Gasteiger charge is 2.38. The molecule has 3 rings (SSSR count). The van der Waals surface area contributed by atoms with E-state index >= 15 is 0 Å². The number of carbonyl (C=O) groups is 4. The van der Waals surface area contributed by atoms with Crippen LogP contribution in [0.15, 0.2) is 25.3 Å². The van der Waals surface area contributed by atoms with Crippen LogP contribution >= 0.6 is 0 Å². The number of fused-ring (bicyclic) bond motifs is 5. The lowest BCUT2D eigenvalue weighted by Gasteiger charge is -2.31. The summed E-state index contributed by atoms with van der Waals surface area (Å²) in [6.07, 6.45) is 3.92. The maximum absolute atomic E-state index is 12.2. The molecule has 8 heteroatoms. The van der Waals surface area contributed by atoms with Crippen LogP contribution < -0.4 is 22.9 Å². The van der Waals surface area contributed by atoms with Gasteiger partial charge in [0.1, 0.15) is 0 Å². The average Bonchev–Trinajstić information content (AvgIpc) is 2.53. The molecule has 8 N–H and O–H groups in total. The van der Waals surface area contributed by atoms with Crippen molar-refractivity contribution in [3.05, 3.63) is 58.7 Å². The first-order chi connectivity index (χ1) is 12.2. The molecule has 4 amide bonds. The summed E-state index contributed by atoms with van der Waals surface area (Å²) in [7, 11) is 0. The van der Waals surface area contributed by atoms with Gasteiger partial charge in [0.25, 0.3) is 0 Å². The highest BCUT2D eigenvalue weighted by Crippen LogP contribution is 2.44. The van der Waals surface area contributed by atoms with Gasteiger partial charge in [0.2, 0.25) is 23.6 Å². The number of hydrogen-bond acceptors (Lipinski definition) is 4. The normalized spacial score (nSPS) is 18.5. The van der Waals surface area contributed by atoms with Crippen molar-refractivity contribution in [3.63, 3.8) is 0 Å². The van der Waals surface area contributed by atoms with Gasteiger partial charge in [-0.1, -0.05) is 12.2 Å². The van der Waals surface area contributed by atoms with Gasteiger partial charge in [0, 0.05) is 11.8 Å². The molecule has 0 heterocycles. The van der Waals surface area contributed by atoms with Crippen LogP contribution in [0.4, 0.5) is 0 Å². The Labute approximate surface area is 149 Å². The Morgan fingerprint density at radius 1 is 0.654 bits per heavy atom. The second-order valence-electron chi connectivity index (χ2n) is 6.05. The fourth-order valence-electron chi connectivity index (χ4n) is 3.67. The number of carbonyl (C=O) groups excluding carboxylic acids is 4. The van der Waals surface area contributed by atoms with Crippen LogP contribution in [0.5, 0.6) is 0 Å². The van der Waals surface area contributed by atoms with E-state index in [0.717, 1.165) is 0 Å². The summed E-state index contributed by atoms with van der Waals surface area (Å²) < 4.78 is 0. The summed E-state index contributed by atoms with van der Waals surface area (Å²) in [6, 6.07) is 0. The number of benzene rings is 1. The minimum absolute atomic E-state index is 0.0638. The molecule has 0 aliphatic heterocycles. The molecular weight excluding hydrogens is 336 g/mol. The van der Waals surface area contributed by atoms with Crippen LogP contribution in [0.1, 0.15) is 77.2 Å². The van der Waals surface area contributed by atoms with Gasteiger partial charge in [-0.05, 0) is 24.0 Å². The monoisotopic (exact) mass is 356 g/mol. The SMILES string of the molecule is C=CC1CCC(C=C)c2c(C(N)=O)c(C(N)=O)c1c(C(N)=O)c2C(N)=O. The minimum atomic E-state index is -0.967. The Morgan fingerprint density at radius 3 is 1.04 bits per heavy atom. The summed E-state index contributed by atoms with van der Waals surface area (Å²) >= 11 is 0. The Morgan fingerprint density at radius 2 is 0.885 bits per heavy atom. The van der Waals surface area contributed by atoms with Crippen molar-refractivity contribution >= 4 is 23.6 Å². The average molecular weight is 356 g/mol. The Kier molecular flexibility index (Phi) is 4.97. The first-order valence-corrected chi connectivity index (χ1v) is 7.85. The van der Waals surface area contributed by atoms with Crippen molar-refractivity contribution in [2.24, 2.45) is 22.9 Å². The topological polar surface area (TPSA) is 172 Å². The summed E-state index contributed by atoms with van der Waals surface area (Å²) in [5, 5.41) is 0. The van der Waals surface area contributed by atoms with Gasteiger partial charge >= 0.3 is 0 Å². The van der Waals surface area contributed by atoms with Crippen molar-refractivity contribution in [3.8, 4) is 0 Å². The van der Waals surface area contributed by atoms with Gasteiger partial charge in [-0.2, -0.15) is 0 Å². The first kappa shape index (κ1) is 18.9. The van der Waals surface area contributed by atoms with Crippen molar-refractivity contribution in [1.29, 1.82) is 0 Å². The van der Waals surface area contributed by atoms with E-state index in [1.165, 1.54) is 12.2 Å². The van der Waals surface area contributed by atoms with Gasteiger partial charge in [-0.25, -0.2) is 0 Å². The van der Waals surface area contributed by atoms with Crippen LogP contribution in [0.3, 0.4) is 0 Å². The zero-order chi connectivity index (χ0) is 19.8. The van der Waals surface area contributed by atoms with Crippen molar-refractivity contribution in [1.82, 2.24) is 0 Å². The van der Waals surface area contributed by atoms with Crippen LogP contribution in [-0.2, 0) is 0 Å². The molecule has 0 aromatic heterocycles.